The monoisotopic (exact) mass is 281 g/mol. The van der Waals surface area contributed by atoms with E-state index in [1.807, 2.05) is 42.6 Å². The van der Waals surface area contributed by atoms with Crippen LogP contribution < -0.4 is 4.90 Å². The second kappa shape index (κ2) is 6.50. The van der Waals surface area contributed by atoms with E-state index >= 15 is 0 Å². The standard InChI is InChI=1S/C17H19N3O/c21-14-16-6-4-15(5-7-16)13-19-9-11-20(12-10-19)17-3-1-2-8-18-17/h1-8,14H,9-13H2. The summed E-state index contributed by atoms with van der Waals surface area (Å²) in [6, 6.07) is 13.9. The Balaban J connectivity index is 1.54. The van der Waals surface area contributed by atoms with E-state index in [9.17, 15) is 4.79 Å². The summed E-state index contributed by atoms with van der Waals surface area (Å²) in [6.45, 7) is 5.01. The summed E-state index contributed by atoms with van der Waals surface area (Å²) in [5.74, 6) is 1.06. The Morgan fingerprint density at radius 1 is 1.00 bits per heavy atom. The Bertz CT molecular complexity index is 575. The fourth-order valence-electron chi connectivity index (χ4n) is 2.64. The topological polar surface area (TPSA) is 36.4 Å². The highest BCUT2D eigenvalue weighted by molar-refractivity contribution is 5.74. The lowest BCUT2D eigenvalue weighted by Gasteiger charge is -2.35. The maximum Gasteiger partial charge on any atom is 0.150 e. The van der Waals surface area contributed by atoms with Crippen LogP contribution in [0.15, 0.2) is 48.7 Å². The molecule has 2 heterocycles. The Labute approximate surface area is 125 Å². The molecule has 4 heteroatoms. The van der Waals surface area contributed by atoms with Crippen molar-refractivity contribution in [2.75, 3.05) is 31.1 Å². The predicted molar refractivity (Wildman–Crippen MR) is 83.6 cm³/mol. The highest BCUT2D eigenvalue weighted by Crippen LogP contribution is 2.14. The number of aromatic nitrogens is 1. The van der Waals surface area contributed by atoms with Crippen LogP contribution >= 0.6 is 0 Å². The van der Waals surface area contributed by atoms with Crippen LogP contribution in [0.5, 0.6) is 0 Å². The number of rotatable bonds is 4. The second-order valence-corrected chi connectivity index (χ2v) is 5.31. The second-order valence-electron chi connectivity index (χ2n) is 5.31. The molecule has 0 N–H and O–H groups in total. The molecule has 0 amide bonds. The molecule has 0 atom stereocenters. The number of hydrogen-bond acceptors (Lipinski definition) is 4. The van der Waals surface area contributed by atoms with Crippen molar-refractivity contribution < 1.29 is 4.79 Å². The molecular weight excluding hydrogens is 262 g/mol. The molecule has 0 radical (unpaired) electrons. The molecule has 4 nitrogen and oxygen atoms in total. The number of hydrogen-bond donors (Lipinski definition) is 0. The van der Waals surface area contributed by atoms with E-state index < -0.39 is 0 Å². The zero-order valence-corrected chi connectivity index (χ0v) is 12.0. The number of carbonyl (C=O) groups is 1. The minimum atomic E-state index is 0.735. The first-order valence-corrected chi connectivity index (χ1v) is 7.27. The van der Waals surface area contributed by atoms with Crippen molar-refractivity contribution >= 4 is 12.1 Å². The molecule has 3 rings (SSSR count). The number of anilines is 1. The van der Waals surface area contributed by atoms with E-state index in [0.29, 0.717) is 0 Å². The van der Waals surface area contributed by atoms with E-state index in [1.165, 1.54) is 5.56 Å². The SMILES string of the molecule is O=Cc1ccc(CN2CCN(c3ccccn3)CC2)cc1. The maximum absolute atomic E-state index is 10.7. The van der Waals surface area contributed by atoms with E-state index in [-0.39, 0.29) is 0 Å². The molecule has 1 fully saturated rings. The van der Waals surface area contributed by atoms with Gasteiger partial charge in [0.25, 0.3) is 0 Å². The molecule has 1 aliphatic rings. The van der Waals surface area contributed by atoms with Crippen LogP contribution in [0.1, 0.15) is 15.9 Å². The first kappa shape index (κ1) is 13.8. The van der Waals surface area contributed by atoms with Crippen LogP contribution in [0, 0.1) is 0 Å². The van der Waals surface area contributed by atoms with Gasteiger partial charge >= 0.3 is 0 Å². The van der Waals surface area contributed by atoms with Crippen LogP contribution in [-0.4, -0.2) is 42.3 Å². The first-order chi connectivity index (χ1) is 10.3. The largest absolute Gasteiger partial charge is 0.354 e. The summed E-state index contributed by atoms with van der Waals surface area (Å²) in [6.07, 6.45) is 2.73. The van der Waals surface area contributed by atoms with Gasteiger partial charge in [0.1, 0.15) is 12.1 Å². The van der Waals surface area contributed by atoms with Crippen molar-refractivity contribution in [3.63, 3.8) is 0 Å². The summed E-state index contributed by atoms with van der Waals surface area (Å²) in [5, 5.41) is 0. The first-order valence-electron chi connectivity index (χ1n) is 7.27. The molecule has 1 aromatic heterocycles. The number of carbonyl (C=O) groups excluding carboxylic acids is 1. The van der Waals surface area contributed by atoms with E-state index in [1.54, 1.807) is 0 Å². The van der Waals surface area contributed by atoms with Gasteiger partial charge in [-0.05, 0) is 17.7 Å². The molecule has 2 aromatic rings. The number of nitrogens with zero attached hydrogens (tertiary/aromatic N) is 3. The Morgan fingerprint density at radius 3 is 2.38 bits per heavy atom. The molecule has 1 aliphatic heterocycles. The van der Waals surface area contributed by atoms with Gasteiger partial charge in [0.05, 0.1) is 0 Å². The van der Waals surface area contributed by atoms with Gasteiger partial charge in [-0.25, -0.2) is 4.98 Å². The van der Waals surface area contributed by atoms with Gasteiger partial charge in [0.2, 0.25) is 0 Å². The fraction of sp³-hybridized carbons (Fsp3) is 0.294. The van der Waals surface area contributed by atoms with Crippen molar-refractivity contribution in [3.8, 4) is 0 Å². The molecule has 0 bridgehead atoms. The Hall–Kier alpha value is -2.20. The van der Waals surface area contributed by atoms with Gasteiger partial charge in [0, 0.05) is 44.5 Å². The molecule has 0 spiro atoms. The molecule has 108 valence electrons. The normalized spacial score (nSPS) is 15.9. The van der Waals surface area contributed by atoms with Crippen molar-refractivity contribution in [2.45, 2.75) is 6.54 Å². The zero-order valence-electron chi connectivity index (χ0n) is 12.0. The smallest absolute Gasteiger partial charge is 0.150 e. The van der Waals surface area contributed by atoms with Crippen LogP contribution in [0.4, 0.5) is 5.82 Å². The van der Waals surface area contributed by atoms with Crippen molar-refractivity contribution in [3.05, 3.63) is 59.8 Å². The molecule has 0 unspecified atom stereocenters. The number of benzene rings is 1. The third-order valence-electron chi connectivity index (χ3n) is 3.87. The highest BCUT2D eigenvalue weighted by Gasteiger charge is 2.17. The highest BCUT2D eigenvalue weighted by atomic mass is 16.1. The van der Waals surface area contributed by atoms with Crippen LogP contribution in [0.2, 0.25) is 0 Å². The van der Waals surface area contributed by atoms with E-state index in [4.69, 9.17) is 0 Å². The lowest BCUT2D eigenvalue weighted by molar-refractivity contribution is 0.112. The molecule has 0 aliphatic carbocycles. The van der Waals surface area contributed by atoms with Gasteiger partial charge in [-0.15, -0.1) is 0 Å². The van der Waals surface area contributed by atoms with Gasteiger partial charge in [-0.2, -0.15) is 0 Å². The third kappa shape index (κ3) is 3.47. The van der Waals surface area contributed by atoms with Crippen molar-refractivity contribution in [2.24, 2.45) is 0 Å². The Morgan fingerprint density at radius 2 is 1.76 bits per heavy atom. The van der Waals surface area contributed by atoms with Gasteiger partial charge in [-0.1, -0.05) is 30.3 Å². The summed E-state index contributed by atoms with van der Waals surface area (Å²) >= 11 is 0. The molecular formula is C17H19N3O. The Kier molecular flexibility index (Phi) is 4.26. The van der Waals surface area contributed by atoms with Gasteiger partial charge in [0.15, 0.2) is 0 Å². The number of aldehydes is 1. The fourth-order valence-corrected chi connectivity index (χ4v) is 2.64. The average molecular weight is 281 g/mol. The predicted octanol–water partition coefficient (Wildman–Crippen LogP) is 2.22. The quantitative estimate of drug-likeness (QED) is 0.805. The summed E-state index contributed by atoms with van der Waals surface area (Å²) in [7, 11) is 0. The summed E-state index contributed by atoms with van der Waals surface area (Å²) in [4.78, 5) is 19.8. The molecule has 1 saturated heterocycles. The van der Waals surface area contributed by atoms with Crippen LogP contribution in [-0.2, 0) is 6.54 Å². The minimum absolute atomic E-state index is 0.735. The molecule has 0 saturated carbocycles. The van der Waals surface area contributed by atoms with Gasteiger partial charge < -0.3 is 4.90 Å². The van der Waals surface area contributed by atoms with Crippen LogP contribution in [0.3, 0.4) is 0 Å². The zero-order chi connectivity index (χ0) is 14.5. The minimum Gasteiger partial charge on any atom is -0.354 e. The van der Waals surface area contributed by atoms with Crippen molar-refractivity contribution in [1.29, 1.82) is 0 Å². The number of piperazine rings is 1. The lowest BCUT2D eigenvalue weighted by Crippen LogP contribution is -2.46. The lowest BCUT2D eigenvalue weighted by atomic mass is 10.1. The average Bonchev–Trinajstić information content (AvgIpc) is 2.57. The number of pyridine rings is 1. The molecule has 1 aromatic carbocycles. The third-order valence-corrected chi connectivity index (χ3v) is 3.87. The van der Waals surface area contributed by atoms with Crippen LogP contribution in [0.25, 0.3) is 0 Å². The molecule has 21 heavy (non-hydrogen) atoms. The van der Waals surface area contributed by atoms with E-state index in [2.05, 4.69) is 20.9 Å². The van der Waals surface area contributed by atoms with E-state index in [0.717, 1.165) is 50.4 Å². The summed E-state index contributed by atoms with van der Waals surface area (Å²) in [5.41, 5.74) is 1.99. The maximum atomic E-state index is 10.7. The van der Waals surface area contributed by atoms with Crippen molar-refractivity contribution in [1.82, 2.24) is 9.88 Å². The summed E-state index contributed by atoms with van der Waals surface area (Å²) < 4.78 is 0. The van der Waals surface area contributed by atoms with Gasteiger partial charge in [-0.3, -0.25) is 9.69 Å².